The number of halogens is 3. The number of hydrogen-bond acceptors (Lipinski definition) is 8. The molecule has 0 radical (unpaired) electrons. The summed E-state index contributed by atoms with van der Waals surface area (Å²) in [6, 6.07) is 2.07. The average Bonchev–Trinajstić information content (AvgIpc) is 3.21. The van der Waals surface area contributed by atoms with Crippen molar-refractivity contribution in [1.29, 1.82) is 0 Å². The van der Waals surface area contributed by atoms with Gasteiger partial charge in [-0.1, -0.05) is 0 Å². The van der Waals surface area contributed by atoms with Gasteiger partial charge in [0.25, 0.3) is 6.43 Å². The van der Waals surface area contributed by atoms with Crippen LogP contribution in [0.4, 0.5) is 19.0 Å². The maximum absolute atomic E-state index is 14.0. The van der Waals surface area contributed by atoms with Gasteiger partial charge >= 0.3 is 0 Å². The SMILES string of the molecule is CC1c2cnc(-c3cnsn3)nc2CCN1c1cc(F)cc(OCC(F)F)n1. The standard InChI is InChI=1S/C17H15F3N6OS/c1-9-11-6-21-17(13-7-22-28-25-13)23-12(11)2-3-26(9)15-4-10(18)5-16(24-15)27-8-14(19)20/h4-7,9,14H,2-3,8H2,1H3. The van der Waals surface area contributed by atoms with Crippen LogP contribution in [0.3, 0.4) is 0 Å². The van der Waals surface area contributed by atoms with E-state index in [0.29, 0.717) is 30.3 Å². The summed E-state index contributed by atoms with van der Waals surface area (Å²) in [5.41, 5.74) is 2.39. The zero-order valence-electron chi connectivity index (χ0n) is 14.7. The van der Waals surface area contributed by atoms with Gasteiger partial charge in [0.1, 0.15) is 17.3 Å². The average molecular weight is 408 g/mol. The summed E-state index contributed by atoms with van der Waals surface area (Å²) < 4.78 is 51.7. The molecule has 0 saturated heterocycles. The Bertz CT molecular complexity index is 972. The van der Waals surface area contributed by atoms with Crippen molar-refractivity contribution in [3.8, 4) is 17.4 Å². The van der Waals surface area contributed by atoms with Gasteiger partial charge in [-0.2, -0.15) is 13.7 Å². The second-order valence-corrected chi connectivity index (χ2v) is 6.75. The number of aromatic nitrogens is 5. The summed E-state index contributed by atoms with van der Waals surface area (Å²) in [6.07, 6.45) is 1.27. The predicted molar refractivity (Wildman–Crippen MR) is 96.1 cm³/mol. The Morgan fingerprint density at radius 1 is 1.29 bits per heavy atom. The normalized spacial score (nSPS) is 16.3. The van der Waals surface area contributed by atoms with Crippen molar-refractivity contribution in [3.63, 3.8) is 0 Å². The molecule has 0 bridgehead atoms. The van der Waals surface area contributed by atoms with Crippen LogP contribution in [0.25, 0.3) is 11.5 Å². The zero-order chi connectivity index (χ0) is 19.7. The first-order chi connectivity index (χ1) is 13.5. The topological polar surface area (TPSA) is 76.9 Å². The number of rotatable bonds is 5. The number of fused-ring (bicyclic) bond motifs is 1. The molecule has 0 N–H and O–H groups in total. The summed E-state index contributed by atoms with van der Waals surface area (Å²) in [6.45, 7) is 1.62. The van der Waals surface area contributed by atoms with Gasteiger partial charge in [0.15, 0.2) is 12.4 Å². The third-order valence-electron chi connectivity index (χ3n) is 4.40. The maximum atomic E-state index is 14.0. The van der Waals surface area contributed by atoms with E-state index in [1.54, 1.807) is 12.4 Å². The molecule has 1 aliphatic rings. The largest absolute Gasteiger partial charge is 0.471 e. The van der Waals surface area contributed by atoms with Crippen molar-refractivity contribution in [2.75, 3.05) is 18.1 Å². The molecule has 4 heterocycles. The van der Waals surface area contributed by atoms with Gasteiger partial charge in [0.2, 0.25) is 5.88 Å². The molecule has 4 rings (SSSR count). The van der Waals surface area contributed by atoms with Crippen LogP contribution in [0.15, 0.2) is 24.5 Å². The number of anilines is 1. The quantitative estimate of drug-likeness (QED) is 0.641. The van der Waals surface area contributed by atoms with E-state index in [1.807, 2.05) is 11.8 Å². The summed E-state index contributed by atoms with van der Waals surface area (Å²) in [5.74, 6) is 0.0562. The molecule has 1 aliphatic heterocycles. The third kappa shape index (κ3) is 3.75. The van der Waals surface area contributed by atoms with E-state index < -0.39 is 18.8 Å². The fourth-order valence-electron chi connectivity index (χ4n) is 3.09. The van der Waals surface area contributed by atoms with Gasteiger partial charge in [-0.05, 0) is 6.92 Å². The lowest BCUT2D eigenvalue weighted by Crippen LogP contribution is -2.35. The van der Waals surface area contributed by atoms with Crippen LogP contribution in [0.1, 0.15) is 24.2 Å². The molecule has 11 heteroatoms. The van der Waals surface area contributed by atoms with Crippen LogP contribution in [0.2, 0.25) is 0 Å². The van der Waals surface area contributed by atoms with E-state index in [1.165, 1.54) is 6.07 Å². The Morgan fingerprint density at radius 2 is 2.14 bits per heavy atom. The van der Waals surface area contributed by atoms with E-state index in [0.717, 1.165) is 29.1 Å². The summed E-state index contributed by atoms with van der Waals surface area (Å²) >= 11 is 1.09. The van der Waals surface area contributed by atoms with E-state index >= 15 is 0 Å². The molecule has 0 amide bonds. The maximum Gasteiger partial charge on any atom is 0.272 e. The summed E-state index contributed by atoms with van der Waals surface area (Å²) in [7, 11) is 0. The lowest BCUT2D eigenvalue weighted by Gasteiger charge is -2.35. The fourth-order valence-corrected chi connectivity index (χ4v) is 3.50. The van der Waals surface area contributed by atoms with Gasteiger partial charge in [-0.3, -0.25) is 0 Å². The lowest BCUT2D eigenvalue weighted by atomic mass is 9.99. The molecule has 0 spiro atoms. The van der Waals surface area contributed by atoms with Crippen LogP contribution in [0, 0.1) is 5.82 Å². The molecule has 7 nitrogen and oxygen atoms in total. The first-order valence-electron chi connectivity index (χ1n) is 8.50. The fraction of sp³-hybridized carbons (Fsp3) is 0.353. The third-order valence-corrected chi connectivity index (χ3v) is 4.88. The molecule has 1 atom stereocenters. The summed E-state index contributed by atoms with van der Waals surface area (Å²) in [5, 5.41) is 0. The highest BCUT2D eigenvalue weighted by Crippen LogP contribution is 2.33. The van der Waals surface area contributed by atoms with Crippen molar-refractivity contribution in [2.45, 2.75) is 25.8 Å². The van der Waals surface area contributed by atoms with Crippen molar-refractivity contribution < 1.29 is 17.9 Å². The van der Waals surface area contributed by atoms with Crippen LogP contribution in [-0.2, 0) is 6.42 Å². The molecule has 0 saturated carbocycles. The molecule has 0 fully saturated rings. The monoisotopic (exact) mass is 408 g/mol. The number of hydrogen-bond donors (Lipinski definition) is 0. The second kappa shape index (κ2) is 7.66. The molecule has 28 heavy (non-hydrogen) atoms. The number of ether oxygens (including phenoxy) is 1. The highest BCUT2D eigenvalue weighted by atomic mass is 32.1. The Kier molecular flexibility index (Phi) is 5.07. The molecule has 3 aromatic heterocycles. The molecule has 1 unspecified atom stereocenters. The van der Waals surface area contributed by atoms with Gasteiger partial charge in [0.05, 0.1) is 29.7 Å². The molecular formula is C17H15F3N6OS. The molecule has 146 valence electrons. The van der Waals surface area contributed by atoms with Crippen LogP contribution in [0.5, 0.6) is 5.88 Å². The Hall–Kier alpha value is -2.82. The van der Waals surface area contributed by atoms with Gasteiger partial charge < -0.3 is 9.64 Å². The predicted octanol–water partition coefficient (Wildman–Crippen LogP) is 3.30. The highest BCUT2D eigenvalue weighted by Gasteiger charge is 2.28. The van der Waals surface area contributed by atoms with E-state index in [2.05, 4.69) is 23.7 Å². The molecule has 3 aromatic rings. The molecule has 0 aromatic carbocycles. The van der Waals surface area contributed by atoms with Crippen molar-refractivity contribution in [2.24, 2.45) is 0 Å². The van der Waals surface area contributed by atoms with Crippen molar-refractivity contribution in [3.05, 3.63) is 41.6 Å². The summed E-state index contributed by atoms with van der Waals surface area (Å²) in [4.78, 5) is 15.0. The Balaban J connectivity index is 1.60. The van der Waals surface area contributed by atoms with Gasteiger partial charge in [0, 0.05) is 36.9 Å². The van der Waals surface area contributed by atoms with Gasteiger partial charge in [-0.15, -0.1) is 0 Å². The van der Waals surface area contributed by atoms with Crippen molar-refractivity contribution in [1.82, 2.24) is 23.7 Å². The zero-order valence-corrected chi connectivity index (χ0v) is 15.5. The highest BCUT2D eigenvalue weighted by molar-refractivity contribution is 6.99. The van der Waals surface area contributed by atoms with E-state index in [4.69, 9.17) is 4.74 Å². The van der Waals surface area contributed by atoms with Gasteiger partial charge in [-0.25, -0.2) is 23.1 Å². The number of alkyl halides is 2. The Labute approximate surface area is 162 Å². The van der Waals surface area contributed by atoms with Crippen LogP contribution < -0.4 is 9.64 Å². The minimum Gasteiger partial charge on any atom is -0.471 e. The van der Waals surface area contributed by atoms with E-state index in [-0.39, 0.29) is 11.9 Å². The minimum absolute atomic E-state index is 0.170. The van der Waals surface area contributed by atoms with Crippen LogP contribution in [-0.4, -0.2) is 43.3 Å². The first-order valence-corrected chi connectivity index (χ1v) is 9.23. The Morgan fingerprint density at radius 3 is 2.89 bits per heavy atom. The van der Waals surface area contributed by atoms with Crippen LogP contribution >= 0.6 is 11.7 Å². The molecular weight excluding hydrogens is 393 g/mol. The first kappa shape index (κ1) is 18.5. The second-order valence-electron chi connectivity index (χ2n) is 6.19. The van der Waals surface area contributed by atoms with Crippen molar-refractivity contribution >= 4 is 17.5 Å². The number of pyridine rings is 1. The smallest absolute Gasteiger partial charge is 0.272 e. The lowest BCUT2D eigenvalue weighted by molar-refractivity contribution is 0.0794. The van der Waals surface area contributed by atoms with E-state index in [9.17, 15) is 13.2 Å². The number of nitrogens with zero attached hydrogens (tertiary/aromatic N) is 6. The minimum atomic E-state index is -2.66. The molecule has 0 aliphatic carbocycles.